The number of amides is 2. The standard InChI is InChI=1S/C23H39N3O2/c1-15(2)25(16(3)4)21(27)17(5)24-13-10-19-8-9-20(14-24)26(19)22(28)23(11-12-23)18-6-7-18/h15-20H,6-14H2,1-5H3. The first kappa shape index (κ1) is 20.2. The van der Waals surface area contributed by atoms with Gasteiger partial charge >= 0.3 is 0 Å². The van der Waals surface area contributed by atoms with Crippen molar-refractivity contribution in [1.82, 2.24) is 14.7 Å². The first-order valence-electron chi connectivity index (χ1n) is 11.6. The lowest BCUT2D eigenvalue weighted by atomic mass is 9.97. The van der Waals surface area contributed by atoms with Gasteiger partial charge in [0.15, 0.2) is 0 Å². The normalized spacial score (nSPS) is 30.5. The molecule has 0 spiro atoms. The van der Waals surface area contributed by atoms with Gasteiger partial charge in [0.2, 0.25) is 11.8 Å². The molecule has 3 atom stereocenters. The second-order valence-electron chi connectivity index (χ2n) is 10.4. The predicted octanol–water partition coefficient (Wildman–Crippen LogP) is 3.28. The molecule has 2 bridgehead atoms. The van der Waals surface area contributed by atoms with E-state index in [-0.39, 0.29) is 29.4 Å². The maximum absolute atomic E-state index is 13.5. The first-order valence-corrected chi connectivity index (χ1v) is 11.6. The first-order chi connectivity index (χ1) is 13.3. The van der Waals surface area contributed by atoms with Gasteiger partial charge < -0.3 is 9.80 Å². The van der Waals surface area contributed by atoms with Crippen LogP contribution in [0.4, 0.5) is 0 Å². The van der Waals surface area contributed by atoms with E-state index in [0.29, 0.717) is 23.9 Å². The fourth-order valence-electron chi connectivity index (χ4n) is 6.09. The van der Waals surface area contributed by atoms with Crippen molar-refractivity contribution < 1.29 is 9.59 Å². The highest BCUT2D eigenvalue weighted by Gasteiger charge is 2.62. The zero-order valence-corrected chi connectivity index (χ0v) is 18.5. The topological polar surface area (TPSA) is 43.9 Å². The van der Waals surface area contributed by atoms with E-state index in [2.05, 4.69) is 44.4 Å². The van der Waals surface area contributed by atoms with Gasteiger partial charge in [-0.2, -0.15) is 0 Å². The van der Waals surface area contributed by atoms with Crippen molar-refractivity contribution in [2.75, 3.05) is 13.1 Å². The van der Waals surface area contributed by atoms with Crippen LogP contribution in [0.2, 0.25) is 0 Å². The van der Waals surface area contributed by atoms with Gasteiger partial charge in [-0.05, 0) is 85.5 Å². The molecule has 4 rings (SSSR count). The molecule has 28 heavy (non-hydrogen) atoms. The van der Waals surface area contributed by atoms with Gasteiger partial charge in [0, 0.05) is 37.3 Å². The Morgan fingerprint density at radius 2 is 1.50 bits per heavy atom. The monoisotopic (exact) mass is 389 g/mol. The zero-order valence-electron chi connectivity index (χ0n) is 18.5. The molecule has 3 unspecified atom stereocenters. The fourth-order valence-corrected chi connectivity index (χ4v) is 6.09. The molecule has 158 valence electrons. The molecule has 4 aliphatic rings. The van der Waals surface area contributed by atoms with Crippen LogP contribution in [0.15, 0.2) is 0 Å². The molecule has 2 amide bonds. The van der Waals surface area contributed by atoms with Crippen LogP contribution in [0.25, 0.3) is 0 Å². The zero-order chi connectivity index (χ0) is 20.2. The van der Waals surface area contributed by atoms with Gasteiger partial charge in [-0.25, -0.2) is 0 Å². The van der Waals surface area contributed by atoms with Crippen molar-refractivity contribution in [2.45, 2.75) is 110 Å². The Morgan fingerprint density at radius 3 is 2.04 bits per heavy atom. The summed E-state index contributed by atoms with van der Waals surface area (Å²) in [4.78, 5) is 33.4. The quantitative estimate of drug-likeness (QED) is 0.700. The van der Waals surface area contributed by atoms with Gasteiger partial charge in [0.25, 0.3) is 0 Å². The molecule has 5 nitrogen and oxygen atoms in total. The number of nitrogens with zero attached hydrogens (tertiary/aromatic N) is 3. The van der Waals surface area contributed by atoms with E-state index < -0.39 is 0 Å². The maximum Gasteiger partial charge on any atom is 0.240 e. The van der Waals surface area contributed by atoms with Crippen molar-refractivity contribution >= 4 is 11.8 Å². The molecular formula is C23H39N3O2. The maximum atomic E-state index is 13.5. The van der Waals surface area contributed by atoms with E-state index in [1.807, 2.05) is 4.90 Å². The van der Waals surface area contributed by atoms with E-state index in [4.69, 9.17) is 0 Å². The van der Waals surface area contributed by atoms with Crippen LogP contribution in [0.3, 0.4) is 0 Å². The summed E-state index contributed by atoms with van der Waals surface area (Å²) in [6.45, 7) is 12.3. The molecule has 4 fully saturated rings. The highest BCUT2D eigenvalue weighted by Crippen LogP contribution is 2.62. The molecule has 2 saturated heterocycles. The van der Waals surface area contributed by atoms with Gasteiger partial charge in [-0.3, -0.25) is 14.5 Å². The van der Waals surface area contributed by atoms with Crippen LogP contribution in [0.1, 0.15) is 79.6 Å². The summed E-state index contributed by atoms with van der Waals surface area (Å²) in [5, 5.41) is 0. The Labute approximate surface area is 170 Å². The highest BCUT2D eigenvalue weighted by atomic mass is 16.2. The summed E-state index contributed by atoms with van der Waals surface area (Å²) in [5.41, 5.74) is 0.0174. The van der Waals surface area contributed by atoms with E-state index in [1.165, 1.54) is 12.8 Å². The second-order valence-corrected chi connectivity index (χ2v) is 10.4. The van der Waals surface area contributed by atoms with Crippen LogP contribution in [0.5, 0.6) is 0 Å². The van der Waals surface area contributed by atoms with Crippen molar-refractivity contribution in [3.05, 3.63) is 0 Å². The van der Waals surface area contributed by atoms with Crippen molar-refractivity contribution in [1.29, 1.82) is 0 Å². The van der Waals surface area contributed by atoms with Gasteiger partial charge in [-0.15, -0.1) is 0 Å². The molecule has 2 aliphatic carbocycles. The van der Waals surface area contributed by atoms with Crippen LogP contribution in [-0.4, -0.2) is 69.8 Å². The minimum atomic E-state index is -0.112. The van der Waals surface area contributed by atoms with Crippen LogP contribution in [0, 0.1) is 11.3 Å². The number of carbonyl (C=O) groups excluding carboxylic acids is 2. The van der Waals surface area contributed by atoms with E-state index in [0.717, 1.165) is 45.2 Å². The molecule has 5 heteroatoms. The average molecular weight is 390 g/mol. The number of fused-ring (bicyclic) bond motifs is 2. The summed E-state index contributed by atoms with van der Waals surface area (Å²) >= 11 is 0. The van der Waals surface area contributed by atoms with Crippen molar-refractivity contribution in [3.63, 3.8) is 0 Å². The minimum absolute atomic E-state index is 0.0174. The van der Waals surface area contributed by atoms with E-state index in [1.54, 1.807) is 0 Å². The minimum Gasteiger partial charge on any atom is -0.336 e. The fraction of sp³-hybridized carbons (Fsp3) is 0.913. The molecule has 2 aliphatic heterocycles. The molecular weight excluding hydrogens is 350 g/mol. The Kier molecular flexibility index (Phi) is 5.26. The summed E-state index contributed by atoms with van der Waals surface area (Å²) < 4.78 is 0. The molecule has 0 radical (unpaired) electrons. The van der Waals surface area contributed by atoms with Crippen molar-refractivity contribution in [3.8, 4) is 0 Å². The lowest BCUT2D eigenvalue weighted by molar-refractivity contribution is -0.141. The lowest BCUT2D eigenvalue weighted by Gasteiger charge is -2.38. The number of likely N-dealkylation sites (tertiary alicyclic amines) is 1. The molecule has 0 aromatic rings. The molecule has 2 heterocycles. The number of carbonyl (C=O) groups is 2. The number of hydrogen-bond acceptors (Lipinski definition) is 3. The number of rotatable bonds is 6. The second kappa shape index (κ2) is 7.30. The molecule has 0 aromatic heterocycles. The molecule has 0 N–H and O–H groups in total. The van der Waals surface area contributed by atoms with Gasteiger partial charge in [-0.1, -0.05) is 0 Å². The molecule has 0 aromatic carbocycles. The predicted molar refractivity (Wildman–Crippen MR) is 111 cm³/mol. The van der Waals surface area contributed by atoms with Crippen molar-refractivity contribution in [2.24, 2.45) is 11.3 Å². The van der Waals surface area contributed by atoms with Gasteiger partial charge in [0.1, 0.15) is 0 Å². The van der Waals surface area contributed by atoms with Crippen LogP contribution >= 0.6 is 0 Å². The van der Waals surface area contributed by atoms with Gasteiger partial charge in [0.05, 0.1) is 11.5 Å². The lowest BCUT2D eigenvalue weighted by Crippen LogP contribution is -2.54. The van der Waals surface area contributed by atoms with E-state index in [9.17, 15) is 9.59 Å². The summed E-state index contributed by atoms with van der Waals surface area (Å²) in [6, 6.07) is 1.01. The Morgan fingerprint density at radius 1 is 0.893 bits per heavy atom. The third kappa shape index (κ3) is 3.38. The summed E-state index contributed by atoms with van der Waals surface area (Å²) in [5.74, 6) is 1.37. The SMILES string of the molecule is CC(C(=O)N(C(C)C)C(C)C)N1CCC2CCC(C1)N2C(=O)C1(C2CC2)CC1. The highest BCUT2D eigenvalue weighted by molar-refractivity contribution is 5.87. The summed E-state index contributed by atoms with van der Waals surface area (Å²) in [6.07, 6.45) is 8.01. The Bertz CT molecular complexity index is 615. The number of hydrogen-bond donors (Lipinski definition) is 0. The molecule has 2 saturated carbocycles. The van der Waals surface area contributed by atoms with E-state index >= 15 is 0 Å². The third-order valence-corrected chi connectivity index (χ3v) is 7.89. The van der Waals surface area contributed by atoms with Crippen LogP contribution < -0.4 is 0 Å². The Hall–Kier alpha value is -1.10. The third-order valence-electron chi connectivity index (χ3n) is 7.89. The smallest absolute Gasteiger partial charge is 0.240 e. The summed E-state index contributed by atoms with van der Waals surface area (Å²) in [7, 11) is 0. The van der Waals surface area contributed by atoms with Crippen LogP contribution in [-0.2, 0) is 9.59 Å². The Balaban J connectivity index is 1.46. The largest absolute Gasteiger partial charge is 0.336 e. The average Bonchev–Trinajstić information content (AvgIpc) is 3.49.